The molecule has 84 valence electrons. The van der Waals surface area contributed by atoms with Gasteiger partial charge in [-0.25, -0.2) is 14.7 Å². The first-order valence-electron chi connectivity index (χ1n) is 4.17. The van der Waals surface area contributed by atoms with E-state index in [9.17, 15) is 13.9 Å². The number of phenols is 1. The number of nitrogens with two attached hydrogens (primary N) is 1. The second-order valence-electron chi connectivity index (χ2n) is 2.82. The van der Waals surface area contributed by atoms with Crippen molar-refractivity contribution in [3.05, 3.63) is 23.3 Å². The molecule has 0 fully saturated rings. The zero-order valence-corrected chi connectivity index (χ0v) is 8.09. The van der Waals surface area contributed by atoms with Crippen molar-refractivity contribution in [2.24, 2.45) is 5.90 Å². The molecular formula is C9H11F2NO3. The molecule has 0 aliphatic rings. The van der Waals surface area contributed by atoms with Crippen LogP contribution in [0.3, 0.4) is 0 Å². The Bertz CT molecular complexity index is 358. The van der Waals surface area contributed by atoms with Crippen LogP contribution in [0.5, 0.6) is 11.5 Å². The van der Waals surface area contributed by atoms with E-state index in [1.54, 1.807) is 0 Å². The molecule has 0 saturated carbocycles. The minimum absolute atomic E-state index is 0.0132. The molecule has 0 amide bonds. The van der Waals surface area contributed by atoms with E-state index in [1.165, 1.54) is 7.11 Å². The van der Waals surface area contributed by atoms with Crippen LogP contribution in [0.25, 0.3) is 0 Å². The van der Waals surface area contributed by atoms with Gasteiger partial charge in [0.25, 0.3) is 0 Å². The highest BCUT2D eigenvalue weighted by atomic mass is 19.1. The van der Waals surface area contributed by atoms with Crippen molar-refractivity contribution in [3.63, 3.8) is 0 Å². The summed E-state index contributed by atoms with van der Waals surface area (Å²) in [6.45, 7) is 0.0132. The predicted molar refractivity (Wildman–Crippen MR) is 48.4 cm³/mol. The molecule has 0 unspecified atom stereocenters. The van der Waals surface area contributed by atoms with Crippen LogP contribution in [0.15, 0.2) is 6.07 Å². The van der Waals surface area contributed by atoms with Crippen molar-refractivity contribution < 1.29 is 23.5 Å². The molecule has 0 saturated heterocycles. The van der Waals surface area contributed by atoms with Crippen molar-refractivity contribution >= 4 is 0 Å². The summed E-state index contributed by atoms with van der Waals surface area (Å²) in [6.07, 6.45) is 0.0325. The molecule has 1 aromatic carbocycles. The summed E-state index contributed by atoms with van der Waals surface area (Å²) in [5, 5.41) is 9.48. The van der Waals surface area contributed by atoms with Crippen molar-refractivity contribution in [1.29, 1.82) is 0 Å². The van der Waals surface area contributed by atoms with E-state index in [4.69, 9.17) is 5.90 Å². The van der Waals surface area contributed by atoms with Crippen LogP contribution < -0.4 is 10.6 Å². The topological polar surface area (TPSA) is 64.7 Å². The molecule has 0 radical (unpaired) electrons. The molecule has 0 aliphatic heterocycles. The van der Waals surface area contributed by atoms with Gasteiger partial charge in [0.05, 0.1) is 13.7 Å². The van der Waals surface area contributed by atoms with E-state index < -0.39 is 17.4 Å². The van der Waals surface area contributed by atoms with E-state index in [2.05, 4.69) is 9.57 Å². The van der Waals surface area contributed by atoms with Crippen LogP contribution in [0.2, 0.25) is 0 Å². The van der Waals surface area contributed by atoms with Crippen molar-refractivity contribution in [1.82, 2.24) is 0 Å². The van der Waals surface area contributed by atoms with Crippen molar-refractivity contribution in [2.45, 2.75) is 6.42 Å². The number of aromatic hydroxyl groups is 1. The third-order valence-electron chi connectivity index (χ3n) is 1.93. The maximum Gasteiger partial charge on any atom is 0.197 e. The summed E-state index contributed by atoms with van der Waals surface area (Å²) in [6, 6.07) is 0.643. The first kappa shape index (κ1) is 11.7. The van der Waals surface area contributed by atoms with Crippen molar-refractivity contribution in [2.75, 3.05) is 13.7 Å². The van der Waals surface area contributed by atoms with Gasteiger partial charge in [-0.2, -0.15) is 0 Å². The molecule has 0 aliphatic carbocycles. The molecule has 0 atom stereocenters. The van der Waals surface area contributed by atoms with Gasteiger partial charge in [-0.05, 0) is 0 Å². The lowest BCUT2D eigenvalue weighted by molar-refractivity contribution is 0.140. The lowest BCUT2D eigenvalue weighted by Gasteiger charge is -2.10. The number of rotatable bonds is 4. The Morgan fingerprint density at radius 2 is 2.07 bits per heavy atom. The van der Waals surface area contributed by atoms with E-state index >= 15 is 0 Å². The molecule has 0 heterocycles. The number of phenolic OH excluding ortho intramolecular Hbond substituents is 1. The Morgan fingerprint density at radius 3 is 2.60 bits per heavy atom. The summed E-state index contributed by atoms with van der Waals surface area (Å²) in [4.78, 5) is 4.25. The van der Waals surface area contributed by atoms with Crippen LogP contribution in [-0.2, 0) is 11.3 Å². The third-order valence-corrected chi connectivity index (χ3v) is 1.93. The zero-order valence-electron chi connectivity index (χ0n) is 8.09. The van der Waals surface area contributed by atoms with Crippen LogP contribution in [-0.4, -0.2) is 18.8 Å². The molecule has 6 heteroatoms. The average Bonchev–Trinajstić information content (AvgIpc) is 2.17. The van der Waals surface area contributed by atoms with Gasteiger partial charge in [0.15, 0.2) is 17.3 Å². The smallest absolute Gasteiger partial charge is 0.197 e. The predicted octanol–water partition coefficient (Wildman–Crippen LogP) is 1.11. The second-order valence-corrected chi connectivity index (χ2v) is 2.82. The molecular weight excluding hydrogens is 208 g/mol. The number of ether oxygens (including phenoxy) is 1. The molecule has 4 nitrogen and oxygen atoms in total. The normalized spacial score (nSPS) is 10.4. The number of methoxy groups -OCH3 is 1. The highest BCUT2D eigenvalue weighted by Gasteiger charge is 2.18. The Morgan fingerprint density at radius 1 is 1.40 bits per heavy atom. The van der Waals surface area contributed by atoms with E-state index in [0.717, 1.165) is 0 Å². The first-order chi connectivity index (χ1) is 7.11. The number of benzene rings is 1. The van der Waals surface area contributed by atoms with Gasteiger partial charge in [0.1, 0.15) is 5.82 Å². The summed E-state index contributed by atoms with van der Waals surface area (Å²) >= 11 is 0. The summed E-state index contributed by atoms with van der Waals surface area (Å²) in [7, 11) is 1.18. The zero-order chi connectivity index (χ0) is 11.4. The average molecular weight is 219 g/mol. The molecule has 1 aromatic rings. The maximum atomic E-state index is 13.2. The lowest BCUT2D eigenvalue weighted by Crippen LogP contribution is -2.06. The molecule has 0 spiro atoms. The van der Waals surface area contributed by atoms with Crippen LogP contribution >= 0.6 is 0 Å². The van der Waals surface area contributed by atoms with E-state index in [1.807, 2.05) is 0 Å². The number of halogens is 2. The van der Waals surface area contributed by atoms with Crippen LogP contribution in [0.4, 0.5) is 8.78 Å². The van der Waals surface area contributed by atoms with Gasteiger partial charge in [-0.1, -0.05) is 0 Å². The Hall–Kier alpha value is -1.40. The minimum Gasteiger partial charge on any atom is -0.504 e. The first-order valence-corrected chi connectivity index (χ1v) is 4.17. The Labute approximate surface area is 85.2 Å². The summed E-state index contributed by atoms with van der Waals surface area (Å²) in [5.41, 5.74) is -0.0845. The molecule has 0 aromatic heterocycles. The monoisotopic (exact) mass is 219 g/mol. The Kier molecular flexibility index (Phi) is 3.81. The summed E-state index contributed by atoms with van der Waals surface area (Å²) < 4.78 is 30.8. The fourth-order valence-corrected chi connectivity index (χ4v) is 1.22. The number of hydrogen-bond acceptors (Lipinski definition) is 4. The van der Waals surface area contributed by atoms with Gasteiger partial charge < -0.3 is 14.7 Å². The van der Waals surface area contributed by atoms with Crippen LogP contribution in [0.1, 0.15) is 5.56 Å². The minimum atomic E-state index is -0.954. The molecule has 0 bridgehead atoms. The molecule has 15 heavy (non-hydrogen) atoms. The quantitative estimate of drug-likeness (QED) is 0.744. The standard InChI is InChI=1S/C9H11F2NO3/c1-14-9-7(11)4-6(10)5(8(9)13)2-3-15-12/h4,13H,2-3,12H2,1H3. The summed E-state index contributed by atoms with van der Waals surface area (Å²) in [5.74, 6) is 2.01. The fraction of sp³-hybridized carbons (Fsp3) is 0.333. The number of hydrogen-bond donors (Lipinski definition) is 2. The van der Waals surface area contributed by atoms with E-state index in [-0.39, 0.29) is 24.3 Å². The fourth-order valence-electron chi connectivity index (χ4n) is 1.22. The van der Waals surface area contributed by atoms with Gasteiger partial charge in [0.2, 0.25) is 0 Å². The van der Waals surface area contributed by atoms with Gasteiger partial charge in [-0.3, -0.25) is 0 Å². The SMILES string of the molecule is COc1c(F)cc(F)c(CCON)c1O. The highest BCUT2D eigenvalue weighted by molar-refractivity contribution is 5.47. The Balaban J connectivity index is 3.14. The van der Waals surface area contributed by atoms with Crippen molar-refractivity contribution in [3.8, 4) is 11.5 Å². The molecule has 3 N–H and O–H groups in total. The van der Waals surface area contributed by atoms with E-state index in [0.29, 0.717) is 6.07 Å². The van der Waals surface area contributed by atoms with Gasteiger partial charge in [0, 0.05) is 18.1 Å². The largest absolute Gasteiger partial charge is 0.504 e. The van der Waals surface area contributed by atoms with Gasteiger partial charge >= 0.3 is 0 Å². The maximum absolute atomic E-state index is 13.2. The third kappa shape index (κ3) is 2.34. The van der Waals surface area contributed by atoms with Gasteiger partial charge in [-0.15, -0.1) is 0 Å². The second kappa shape index (κ2) is 4.90. The molecule has 1 rings (SSSR count). The lowest BCUT2D eigenvalue weighted by atomic mass is 10.1. The highest BCUT2D eigenvalue weighted by Crippen LogP contribution is 2.34. The van der Waals surface area contributed by atoms with Crippen LogP contribution in [0, 0.1) is 11.6 Å².